The van der Waals surface area contributed by atoms with Crippen LogP contribution in [0.2, 0.25) is 0 Å². The number of nitrogens with two attached hydrogens (primary N) is 1. The Morgan fingerprint density at radius 1 is 1.26 bits per heavy atom. The monoisotopic (exact) mass is 419 g/mol. The van der Waals surface area contributed by atoms with Crippen molar-refractivity contribution < 1.29 is 32.0 Å². The van der Waals surface area contributed by atoms with E-state index in [2.05, 4.69) is 24.3 Å². The first-order valence-electron chi connectivity index (χ1n) is 7.30. The quantitative estimate of drug-likeness (QED) is 0.137. The van der Waals surface area contributed by atoms with Crippen LogP contribution >= 0.6 is 12.0 Å². The van der Waals surface area contributed by atoms with Crippen LogP contribution < -0.4 is 5.73 Å². The number of phenols is 1. The molecule has 10 nitrogen and oxygen atoms in total. The molecule has 0 unspecified atom stereocenters. The second-order valence-corrected chi connectivity index (χ2v) is 7.49. The predicted octanol–water partition coefficient (Wildman–Crippen LogP) is 3.26. The number of hydrogen-bond donors (Lipinski definition) is 2. The maximum absolute atomic E-state index is 10.4. The molecule has 2 rings (SSSR count). The Morgan fingerprint density at radius 3 is 2.41 bits per heavy atom. The zero-order valence-corrected chi connectivity index (χ0v) is 17.1. The number of phenolic OH excluding ortho intramolecular Hbond substituents is 1. The van der Waals surface area contributed by atoms with Crippen molar-refractivity contribution >= 4 is 44.3 Å². The van der Waals surface area contributed by atoms with Gasteiger partial charge in [0, 0.05) is 22.9 Å². The van der Waals surface area contributed by atoms with Crippen LogP contribution in [0, 0.1) is 6.92 Å². The van der Waals surface area contributed by atoms with E-state index < -0.39 is 10.1 Å². The fraction of sp³-hybridized carbons (Fsp3) is 0.333. The van der Waals surface area contributed by atoms with Crippen molar-refractivity contribution in [3.8, 4) is 5.75 Å². The molecule has 0 aliphatic carbocycles. The van der Waals surface area contributed by atoms with E-state index in [1.54, 1.807) is 26.1 Å². The van der Waals surface area contributed by atoms with Gasteiger partial charge >= 0.3 is 0 Å². The van der Waals surface area contributed by atoms with Gasteiger partial charge in [-0.2, -0.15) is 18.6 Å². The smallest absolute Gasteiger partial charge is 0.264 e. The van der Waals surface area contributed by atoms with Crippen LogP contribution in [-0.2, 0) is 28.6 Å². The molecule has 0 fully saturated rings. The van der Waals surface area contributed by atoms with E-state index in [-0.39, 0.29) is 5.75 Å². The van der Waals surface area contributed by atoms with E-state index in [0.29, 0.717) is 27.2 Å². The summed E-state index contributed by atoms with van der Waals surface area (Å²) in [5.74, 6) is 0.0710. The number of aromatic hydroxyl groups is 1. The van der Waals surface area contributed by atoms with E-state index in [1.165, 1.54) is 7.11 Å². The Labute approximate surface area is 161 Å². The zero-order chi connectivity index (χ0) is 20.6. The second-order valence-electron chi connectivity index (χ2n) is 5.00. The van der Waals surface area contributed by atoms with Gasteiger partial charge in [-0.05, 0) is 24.4 Å². The minimum absolute atomic E-state index is 0.0710. The number of rotatable bonds is 6. The topological polar surface area (TPSA) is 142 Å². The summed E-state index contributed by atoms with van der Waals surface area (Å²) in [4.78, 5) is 5.02. The molecule has 27 heavy (non-hydrogen) atoms. The number of nitrogens with zero attached hydrogens (tertiary/aromatic N) is 2. The van der Waals surface area contributed by atoms with E-state index in [9.17, 15) is 13.5 Å². The summed E-state index contributed by atoms with van der Waals surface area (Å²) in [5.41, 5.74) is 7.56. The van der Waals surface area contributed by atoms with Gasteiger partial charge in [-0.3, -0.25) is 4.18 Å². The third kappa shape index (κ3) is 6.61. The number of nitrogen functional groups attached to an aromatic ring is 1. The maximum Gasteiger partial charge on any atom is 0.264 e. The molecule has 0 atom stereocenters. The molecule has 0 saturated heterocycles. The fourth-order valence-electron chi connectivity index (χ4n) is 1.92. The molecule has 0 bridgehead atoms. The third-order valence-corrected chi connectivity index (χ3v) is 4.57. The van der Waals surface area contributed by atoms with Gasteiger partial charge in [0.2, 0.25) is 0 Å². The summed E-state index contributed by atoms with van der Waals surface area (Å²) >= 11 is 0.931. The van der Waals surface area contributed by atoms with E-state index >= 15 is 0 Å². The first-order chi connectivity index (χ1) is 12.7. The van der Waals surface area contributed by atoms with Crippen LogP contribution in [0.4, 0.5) is 11.4 Å². The van der Waals surface area contributed by atoms with E-state index in [1.807, 2.05) is 6.07 Å². The van der Waals surface area contributed by atoms with Gasteiger partial charge in [0.05, 0.1) is 38.2 Å². The summed E-state index contributed by atoms with van der Waals surface area (Å²) in [5, 5.41) is 23.7. The number of hydrogen-bond acceptors (Lipinski definition) is 11. The highest BCUT2D eigenvalue weighted by Crippen LogP contribution is 2.42. The van der Waals surface area contributed by atoms with Crippen molar-refractivity contribution in [3.63, 3.8) is 0 Å². The molecule has 0 saturated carbocycles. The molecule has 0 spiro atoms. The molecule has 0 aromatic heterocycles. The van der Waals surface area contributed by atoms with Crippen LogP contribution in [0.15, 0.2) is 33.3 Å². The molecular weight excluding hydrogens is 398 g/mol. The number of anilines is 1. The molecule has 0 aliphatic rings. The largest absolute Gasteiger partial charge is 0.507 e. The van der Waals surface area contributed by atoms with Crippen molar-refractivity contribution in [1.29, 1.82) is 0 Å². The lowest BCUT2D eigenvalue weighted by Gasteiger charge is -2.12. The van der Waals surface area contributed by atoms with Gasteiger partial charge in [0.25, 0.3) is 10.1 Å². The van der Waals surface area contributed by atoms with Crippen LogP contribution in [-0.4, -0.2) is 41.0 Å². The lowest BCUT2D eigenvalue weighted by atomic mass is 10.0. The predicted molar refractivity (Wildman–Crippen MR) is 102 cm³/mol. The highest BCUT2D eigenvalue weighted by molar-refractivity contribution is 7.94. The average molecular weight is 419 g/mol. The molecule has 0 heterocycles. The minimum Gasteiger partial charge on any atom is -0.507 e. The van der Waals surface area contributed by atoms with Crippen molar-refractivity contribution in [2.24, 2.45) is 10.2 Å². The molecule has 150 valence electrons. The first-order valence-corrected chi connectivity index (χ1v) is 9.86. The van der Waals surface area contributed by atoms with Gasteiger partial charge in [0.1, 0.15) is 11.4 Å². The van der Waals surface area contributed by atoms with Crippen LogP contribution in [0.3, 0.4) is 0 Å². The molecule has 0 aliphatic heterocycles. The standard InChI is InChI=1S/C13H15N3O4S.C2H6O3S/c1-7-10(21-20-19-18-3)6-8-4-5-9(16-15-2)12(14)11(8)13(7)17;1-5-6(2,3)4/h4-6,17H,14H2,1-3H3;1-2H3. The lowest BCUT2D eigenvalue weighted by molar-refractivity contribution is -0.447. The lowest BCUT2D eigenvalue weighted by Crippen LogP contribution is -1.95. The minimum atomic E-state index is -3.16. The fourth-order valence-corrected chi connectivity index (χ4v) is 2.48. The highest BCUT2D eigenvalue weighted by Gasteiger charge is 2.15. The molecular formula is C15H21N3O7S2. The summed E-state index contributed by atoms with van der Waals surface area (Å²) in [6, 6.07) is 5.37. The Morgan fingerprint density at radius 2 is 1.89 bits per heavy atom. The van der Waals surface area contributed by atoms with Crippen molar-refractivity contribution in [2.45, 2.75) is 11.8 Å². The Bertz CT molecular complexity index is 918. The number of azo groups is 1. The molecule has 2 aromatic rings. The van der Waals surface area contributed by atoms with Gasteiger partial charge in [0.15, 0.2) is 0 Å². The van der Waals surface area contributed by atoms with E-state index in [4.69, 9.17) is 10.1 Å². The van der Waals surface area contributed by atoms with Crippen molar-refractivity contribution in [1.82, 2.24) is 0 Å². The summed E-state index contributed by atoms with van der Waals surface area (Å²) < 4.78 is 28.2. The summed E-state index contributed by atoms with van der Waals surface area (Å²) in [6.45, 7) is 1.75. The second kappa shape index (κ2) is 10.4. The summed E-state index contributed by atoms with van der Waals surface area (Å²) in [7, 11) is 0.845. The Hall–Kier alpha value is -1.96. The summed E-state index contributed by atoms with van der Waals surface area (Å²) in [6.07, 6.45) is 0.993. The molecule has 12 heteroatoms. The Kier molecular flexibility index (Phi) is 8.88. The highest BCUT2D eigenvalue weighted by atomic mass is 32.2. The molecule has 3 N–H and O–H groups in total. The number of fused-ring (bicyclic) bond motifs is 1. The van der Waals surface area contributed by atoms with E-state index in [0.717, 1.165) is 30.8 Å². The first kappa shape index (κ1) is 23.1. The maximum atomic E-state index is 10.4. The SMILES string of the molecule is CN=Nc1ccc2cc(SOOOC)c(C)c(O)c2c1N.COS(C)(=O)=O. The van der Waals surface area contributed by atoms with Gasteiger partial charge < -0.3 is 10.8 Å². The van der Waals surface area contributed by atoms with Gasteiger partial charge in [-0.25, -0.2) is 4.89 Å². The number of benzene rings is 2. The van der Waals surface area contributed by atoms with Gasteiger partial charge in [-0.1, -0.05) is 11.1 Å². The zero-order valence-electron chi connectivity index (χ0n) is 15.4. The van der Waals surface area contributed by atoms with Crippen molar-refractivity contribution in [2.75, 3.05) is 33.3 Å². The normalized spacial score (nSPS) is 11.6. The molecule has 2 aromatic carbocycles. The Balaban J connectivity index is 0.000000527. The van der Waals surface area contributed by atoms with Crippen molar-refractivity contribution in [3.05, 3.63) is 23.8 Å². The van der Waals surface area contributed by atoms with Crippen LogP contribution in [0.25, 0.3) is 10.8 Å². The average Bonchev–Trinajstić information content (AvgIpc) is 2.61. The van der Waals surface area contributed by atoms with Crippen LogP contribution in [0.1, 0.15) is 5.56 Å². The molecule has 0 radical (unpaired) electrons. The van der Waals surface area contributed by atoms with Crippen LogP contribution in [0.5, 0.6) is 5.75 Å². The van der Waals surface area contributed by atoms with Gasteiger partial charge in [-0.15, -0.1) is 4.33 Å². The third-order valence-electron chi connectivity index (χ3n) is 3.23. The molecule has 0 amide bonds.